The first kappa shape index (κ1) is 18.4. The highest BCUT2D eigenvalue weighted by molar-refractivity contribution is 7.13. The van der Waals surface area contributed by atoms with Gasteiger partial charge in [-0.05, 0) is 12.1 Å². The number of carbonyl (C=O) groups is 1. The van der Waals surface area contributed by atoms with Crippen LogP contribution in [0.2, 0.25) is 0 Å². The molecule has 1 N–H and O–H groups in total. The number of nitrogens with one attached hydrogen (secondary N) is 1. The highest BCUT2D eigenvalue weighted by atomic mass is 32.1. The van der Waals surface area contributed by atoms with Crippen LogP contribution in [0.25, 0.3) is 5.65 Å². The average molecular weight is 415 g/mol. The fourth-order valence-corrected chi connectivity index (χ4v) is 4.25. The number of thiazole rings is 1. The van der Waals surface area contributed by atoms with E-state index < -0.39 is 5.79 Å². The number of amides is 1. The fourth-order valence-electron chi connectivity index (χ4n) is 3.70. The molecule has 11 heteroatoms. The van der Waals surface area contributed by atoms with Crippen LogP contribution in [0.3, 0.4) is 0 Å². The lowest BCUT2D eigenvalue weighted by Crippen LogP contribution is -2.45. The van der Waals surface area contributed by atoms with Gasteiger partial charge in [-0.3, -0.25) is 4.79 Å². The van der Waals surface area contributed by atoms with Crippen molar-refractivity contribution in [2.24, 2.45) is 0 Å². The van der Waals surface area contributed by atoms with E-state index in [2.05, 4.69) is 25.4 Å². The first-order valence-electron chi connectivity index (χ1n) is 9.64. The van der Waals surface area contributed by atoms with Crippen LogP contribution in [0, 0.1) is 0 Å². The van der Waals surface area contributed by atoms with Crippen LogP contribution in [-0.2, 0) is 20.7 Å². The van der Waals surface area contributed by atoms with Gasteiger partial charge in [-0.15, -0.1) is 26.6 Å². The second-order valence-electron chi connectivity index (χ2n) is 7.06. The molecule has 1 spiro atoms. The number of nitrogens with zero attached hydrogens (tertiary/aromatic N) is 6. The predicted molar refractivity (Wildman–Crippen MR) is 106 cm³/mol. The summed E-state index contributed by atoms with van der Waals surface area (Å²) in [6.45, 7) is 2.97. The molecule has 0 aliphatic carbocycles. The zero-order chi connectivity index (χ0) is 19.7. The molecule has 29 heavy (non-hydrogen) atoms. The van der Waals surface area contributed by atoms with Gasteiger partial charge in [-0.1, -0.05) is 0 Å². The molecule has 3 aromatic rings. The lowest BCUT2D eigenvalue weighted by molar-refractivity contribution is -0.169. The summed E-state index contributed by atoms with van der Waals surface area (Å²) in [4.78, 5) is 18.4. The van der Waals surface area contributed by atoms with Crippen molar-refractivity contribution in [2.75, 3.05) is 36.5 Å². The normalized spacial score (nSPS) is 18.6. The molecule has 0 aromatic carbocycles. The van der Waals surface area contributed by atoms with Crippen molar-refractivity contribution in [3.63, 3.8) is 0 Å². The third-order valence-corrected chi connectivity index (χ3v) is 5.92. The number of carbonyl (C=O) groups excluding carboxylic acids is 1. The van der Waals surface area contributed by atoms with Gasteiger partial charge in [-0.25, -0.2) is 4.98 Å². The minimum absolute atomic E-state index is 0.106. The quantitative estimate of drug-likeness (QED) is 0.668. The number of aryl methyl sites for hydroxylation is 1. The molecule has 0 bridgehead atoms. The summed E-state index contributed by atoms with van der Waals surface area (Å²) in [5.41, 5.74) is 0.667. The Morgan fingerprint density at radius 3 is 2.79 bits per heavy atom. The molecule has 2 aliphatic rings. The van der Waals surface area contributed by atoms with E-state index >= 15 is 0 Å². The van der Waals surface area contributed by atoms with Crippen LogP contribution in [0.4, 0.5) is 10.9 Å². The molecular weight excluding hydrogens is 394 g/mol. The predicted octanol–water partition coefficient (Wildman–Crippen LogP) is 1.50. The number of rotatable bonds is 5. The summed E-state index contributed by atoms with van der Waals surface area (Å²) in [6.07, 6.45) is 4.02. The largest absolute Gasteiger partial charge is 0.355 e. The van der Waals surface area contributed by atoms with Crippen LogP contribution in [-0.4, -0.2) is 62.8 Å². The number of ether oxygens (including phenoxy) is 2. The van der Waals surface area contributed by atoms with Crippen LogP contribution in [0.5, 0.6) is 0 Å². The minimum atomic E-state index is -0.410. The number of fused-ring (bicyclic) bond motifs is 1. The molecule has 10 nitrogen and oxygen atoms in total. The molecule has 2 aliphatic heterocycles. The SMILES string of the molecule is O=C(CCc1nnc2ccc(N3CCC4(CC3)OCCO4)nn12)Nc1nccs1. The van der Waals surface area contributed by atoms with Crippen molar-refractivity contribution < 1.29 is 14.3 Å². The van der Waals surface area contributed by atoms with Crippen molar-refractivity contribution in [1.82, 2.24) is 24.8 Å². The summed E-state index contributed by atoms with van der Waals surface area (Å²) >= 11 is 1.39. The zero-order valence-electron chi connectivity index (χ0n) is 15.8. The van der Waals surface area contributed by atoms with E-state index in [4.69, 9.17) is 14.6 Å². The van der Waals surface area contributed by atoms with Crippen molar-refractivity contribution >= 4 is 33.8 Å². The van der Waals surface area contributed by atoms with Crippen molar-refractivity contribution in [3.8, 4) is 0 Å². The van der Waals surface area contributed by atoms with Gasteiger partial charge in [0.25, 0.3) is 0 Å². The Balaban J connectivity index is 1.26. The van der Waals surface area contributed by atoms with Crippen LogP contribution in [0.15, 0.2) is 23.7 Å². The zero-order valence-corrected chi connectivity index (χ0v) is 16.6. The smallest absolute Gasteiger partial charge is 0.226 e. The Kier molecular flexibility index (Phi) is 4.86. The van der Waals surface area contributed by atoms with E-state index in [0.29, 0.717) is 36.2 Å². The Morgan fingerprint density at radius 1 is 1.21 bits per heavy atom. The van der Waals surface area contributed by atoms with Gasteiger partial charge in [0.1, 0.15) is 5.82 Å². The molecule has 0 unspecified atom stereocenters. The summed E-state index contributed by atoms with van der Waals surface area (Å²) in [5.74, 6) is 1.00. The molecule has 152 valence electrons. The molecule has 3 aromatic heterocycles. The van der Waals surface area contributed by atoms with Gasteiger partial charge in [0.2, 0.25) is 5.91 Å². The van der Waals surface area contributed by atoms with Gasteiger partial charge in [0.15, 0.2) is 22.4 Å². The van der Waals surface area contributed by atoms with Gasteiger partial charge in [0.05, 0.1) is 13.2 Å². The van der Waals surface area contributed by atoms with Crippen LogP contribution >= 0.6 is 11.3 Å². The van der Waals surface area contributed by atoms with E-state index in [1.54, 1.807) is 10.7 Å². The van der Waals surface area contributed by atoms with Crippen molar-refractivity contribution in [3.05, 3.63) is 29.5 Å². The van der Waals surface area contributed by atoms with E-state index in [1.807, 2.05) is 17.5 Å². The number of hydrogen-bond acceptors (Lipinski definition) is 9. The molecule has 2 fully saturated rings. The fraction of sp³-hybridized carbons (Fsp3) is 0.500. The van der Waals surface area contributed by atoms with Gasteiger partial charge < -0.3 is 19.7 Å². The first-order chi connectivity index (χ1) is 14.2. The molecule has 5 rings (SSSR count). The minimum Gasteiger partial charge on any atom is -0.355 e. The Bertz CT molecular complexity index is 990. The third kappa shape index (κ3) is 3.80. The number of hydrogen-bond donors (Lipinski definition) is 1. The highest BCUT2D eigenvalue weighted by Gasteiger charge is 2.40. The molecule has 0 radical (unpaired) electrons. The maximum Gasteiger partial charge on any atom is 0.226 e. The topological polar surface area (TPSA) is 107 Å². The second-order valence-corrected chi connectivity index (χ2v) is 7.95. The second kappa shape index (κ2) is 7.65. The number of anilines is 2. The maximum absolute atomic E-state index is 12.1. The van der Waals surface area contributed by atoms with Crippen molar-refractivity contribution in [1.29, 1.82) is 0 Å². The van der Waals surface area contributed by atoms with Gasteiger partial charge in [0, 0.05) is 50.3 Å². The lowest BCUT2D eigenvalue weighted by Gasteiger charge is -2.38. The molecule has 5 heterocycles. The summed E-state index contributed by atoms with van der Waals surface area (Å²) in [5, 5.41) is 18.3. The lowest BCUT2D eigenvalue weighted by atomic mass is 10.0. The van der Waals surface area contributed by atoms with Crippen molar-refractivity contribution in [2.45, 2.75) is 31.5 Å². The standard InChI is InChI=1S/C18H21N7O3S/c26-16(20-17-19-7-12-29-17)4-3-14-22-21-13-1-2-15(23-25(13)14)24-8-5-18(6-9-24)27-10-11-28-18/h1-2,7,12H,3-6,8-11H2,(H,19,20,26). The molecule has 1 amide bonds. The summed E-state index contributed by atoms with van der Waals surface area (Å²) in [6, 6.07) is 3.86. The Hall–Kier alpha value is -2.63. The van der Waals surface area contributed by atoms with Crippen LogP contribution in [0.1, 0.15) is 25.1 Å². The Labute approximate surface area is 170 Å². The molecule has 2 saturated heterocycles. The average Bonchev–Trinajstić information content (AvgIpc) is 3.49. The molecular formula is C18H21N7O3S. The van der Waals surface area contributed by atoms with Crippen LogP contribution < -0.4 is 10.2 Å². The number of aromatic nitrogens is 5. The monoisotopic (exact) mass is 415 g/mol. The first-order valence-corrected chi connectivity index (χ1v) is 10.5. The van der Waals surface area contributed by atoms with E-state index in [9.17, 15) is 4.79 Å². The van der Waals surface area contributed by atoms with E-state index in [1.165, 1.54) is 11.3 Å². The number of piperidine rings is 1. The summed E-state index contributed by atoms with van der Waals surface area (Å²) in [7, 11) is 0. The third-order valence-electron chi connectivity index (χ3n) is 5.23. The molecule has 0 atom stereocenters. The van der Waals surface area contributed by atoms with E-state index in [-0.39, 0.29) is 12.3 Å². The van der Waals surface area contributed by atoms with Gasteiger partial charge in [-0.2, -0.15) is 4.52 Å². The van der Waals surface area contributed by atoms with E-state index in [0.717, 1.165) is 31.7 Å². The maximum atomic E-state index is 12.1. The Morgan fingerprint density at radius 2 is 2.03 bits per heavy atom. The van der Waals surface area contributed by atoms with Gasteiger partial charge >= 0.3 is 0 Å². The molecule has 0 saturated carbocycles. The summed E-state index contributed by atoms with van der Waals surface area (Å²) < 4.78 is 13.3. The highest BCUT2D eigenvalue weighted by Crippen LogP contribution is 2.32.